The number of sulfonamides is 1. The zero-order valence-corrected chi connectivity index (χ0v) is 17.9. The lowest BCUT2D eigenvalue weighted by Gasteiger charge is -2.11. The Labute approximate surface area is 171 Å². The first-order valence-corrected chi connectivity index (χ1v) is 10.8. The zero-order chi connectivity index (χ0) is 21.2. The van der Waals surface area contributed by atoms with Crippen LogP contribution in [0.15, 0.2) is 47.4 Å². The van der Waals surface area contributed by atoms with Crippen molar-refractivity contribution in [3.05, 3.63) is 53.9 Å². The van der Waals surface area contributed by atoms with Gasteiger partial charge in [0.25, 0.3) is 0 Å². The third-order valence-corrected chi connectivity index (χ3v) is 6.46. The highest BCUT2D eigenvalue weighted by atomic mass is 32.2. The Bertz CT molecular complexity index is 1130. The van der Waals surface area contributed by atoms with Crippen LogP contribution in [0.1, 0.15) is 36.5 Å². The van der Waals surface area contributed by atoms with Crippen LogP contribution in [0.3, 0.4) is 0 Å². The molecule has 0 spiro atoms. The molecule has 0 fully saturated rings. The molecule has 0 saturated carbocycles. The zero-order valence-electron chi connectivity index (χ0n) is 17.0. The molecule has 2 aromatic carbocycles. The number of aromatic nitrogens is 2. The topological polar surface area (TPSA) is 81.5 Å². The first kappa shape index (κ1) is 21.0. The van der Waals surface area contributed by atoms with Gasteiger partial charge in [-0.3, -0.25) is 4.79 Å². The molecule has 0 saturated heterocycles. The molecule has 0 bridgehead atoms. The van der Waals surface area contributed by atoms with Gasteiger partial charge < -0.3 is 9.30 Å². The predicted octanol–water partition coefficient (Wildman–Crippen LogP) is 3.48. The second kappa shape index (κ2) is 8.34. The van der Waals surface area contributed by atoms with Crippen molar-refractivity contribution in [3.63, 3.8) is 0 Å². The summed E-state index contributed by atoms with van der Waals surface area (Å²) in [5, 5.41) is 0. The summed E-state index contributed by atoms with van der Waals surface area (Å²) in [7, 11) is -0.514. The highest BCUT2D eigenvalue weighted by Gasteiger charge is 2.19. The second-order valence-corrected chi connectivity index (χ2v) is 9.14. The number of benzene rings is 2. The van der Waals surface area contributed by atoms with Gasteiger partial charge in [0, 0.05) is 26.2 Å². The summed E-state index contributed by atoms with van der Waals surface area (Å²) < 4.78 is 33.9. The molecule has 0 radical (unpaired) electrons. The van der Waals surface area contributed by atoms with Gasteiger partial charge in [0.05, 0.1) is 15.9 Å². The van der Waals surface area contributed by atoms with Crippen LogP contribution in [-0.4, -0.2) is 42.2 Å². The molecular formula is C21H25N3O4S. The van der Waals surface area contributed by atoms with E-state index in [1.807, 2.05) is 4.57 Å². The number of hydrogen-bond acceptors (Lipinski definition) is 5. The van der Waals surface area contributed by atoms with Crippen LogP contribution >= 0.6 is 0 Å². The Hall–Kier alpha value is -2.71. The molecule has 0 unspecified atom stereocenters. The van der Waals surface area contributed by atoms with Gasteiger partial charge in [-0.1, -0.05) is 6.92 Å². The number of rotatable bonds is 8. The average molecular weight is 416 g/mol. The van der Waals surface area contributed by atoms with Gasteiger partial charge >= 0.3 is 0 Å². The molecule has 1 aromatic heterocycles. The average Bonchev–Trinajstić information content (AvgIpc) is 3.03. The van der Waals surface area contributed by atoms with Gasteiger partial charge in [0.1, 0.15) is 18.2 Å². The van der Waals surface area contributed by atoms with E-state index in [0.29, 0.717) is 16.8 Å². The number of hydrogen-bond donors (Lipinski definition) is 0. The van der Waals surface area contributed by atoms with E-state index in [4.69, 9.17) is 4.74 Å². The maximum atomic E-state index is 12.4. The van der Waals surface area contributed by atoms with E-state index in [-0.39, 0.29) is 17.3 Å². The maximum Gasteiger partial charge on any atom is 0.242 e. The van der Waals surface area contributed by atoms with E-state index >= 15 is 0 Å². The van der Waals surface area contributed by atoms with Crippen LogP contribution in [0, 0.1) is 0 Å². The molecule has 0 aliphatic rings. The SMILES string of the molecule is CCCn1c(COc2ccc(C(C)=O)cc2)nc2cc(S(=O)(=O)N(C)C)ccc21. The number of ether oxygens (including phenoxy) is 1. The van der Waals surface area contributed by atoms with Crippen LogP contribution in [0.25, 0.3) is 11.0 Å². The van der Waals surface area contributed by atoms with Gasteiger partial charge in [0.15, 0.2) is 5.78 Å². The van der Waals surface area contributed by atoms with Gasteiger partial charge in [0.2, 0.25) is 10.0 Å². The maximum absolute atomic E-state index is 12.4. The van der Waals surface area contributed by atoms with Crippen molar-refractivity contribution in [2.75, 3.05) is 14.1 Å². The summed E-state index contributed by atoms with van der Waals surface area (Å²) in [5.74, 6) is 1.36. The van der Waals surface area contributed by atoms with Crippen LogP contribution < -0.4 is 4.74 Å². The van der Waals surface area contributed by atoms with Crippen molar-refractivity contribution in [3.8, 4) is 5.75 Å². The smallest absolute Gasteiger partial charge is 0.242 e. The minimum Gasteiger partial charge on any atom is -0.486 e. The molecule has 0 aliphatic heterocycles. The Kier molecular flexibility index (Phi) is 6.04. The molecule has 8 heteroatoms. The third-order valence-electron chi connectivity index (χ3n) is 4.65. The first-order valence-electron chi connectivity index (χ1n) is 9.39. The summed E-state index contributed by atoms with van der Waals surface area (Å²) in [6.45, 7) is 4.58. The van der Waals surface area contributed by atoms with E-state index in [9.17, 15) is 13.2 Å². The van der Waals surface area contributed by atoms with Crippen molar-refractivity contribution in [1.29, 1.82) is 0 Å². The molecule has 0 aliphatic carbocycles. The van der Waals surface area contributed by atoms with Crippen LogP contribution in [0.5, 0.6) is 5.75 Å². The Morgan fingerprint density at radius 2 is 1.83 bits per heavy atom. The van der Waals surface area contributed by atoms with Gasteiger partial charge in [-0.2, -0.15) is 0 Å². The highest BCUT2D eigenvalue weighted by Crippen LogP contribution is 2.23. The molecular weight excluding hydrogens is 390 g/mol. The van der Waals surface area contributed by atoms with E-state index < -0.39 is 10.0 Å². The summed E-state index contributed by atoms with van der Waals surface area (Å²) in [4.78, 5) is 16.2. The standard InChI is InChI=1S/C21H25N3O4S/c1-5-12-24-20-11-10-18(29(26,27)23(3)4)13-19(20)22-21(24)14-28-17-8-6-16(7-9-17)15(2)25/h6-11,13H,5,12,14H2,1-4H3. The van der Waals surface area contributed by atoms with Crippen molar-refractivity contribution >= 4 is 26.8 Å². The van der Waals surface area contributed by atoms with Crippen molar-refractivity contribution < 1.29 is 17.9 Å². The molecule has 1 heterocycles. The van der Waals surface area contributed by atoms with Crippen molar-refractivity contribution in [2.45, 2.75) is 38.3 Å². The summed E-state index contributed by atoms with van der Waals surface area (Å²) in [6.07, 6.45) is 0.906. The largest absolute Gasteiger partial charge is 0.486 e. The fourth-order valence-corrected chi connectivity index (χ4v) is 3.97. The Morgan fingerprint density at radius 3 is 2.41 bits per heavy atom. The van der Waals surface area contributed by atoms with Crippen LogP contribution in [-0.2, 0) is 23.2 Å². The molecule has 154 valence electrons. The number of Topliss-reactive ketones (excluding diaryl/α,β-unsaturated/α-hetero) is 1. The van der Waals surface area contributed by atoms with Gasteiger partial charge in [-0.25, -0.2) is 17.7 Å². The molecule has 0 N–H and O–H groups in total. The van der Waals surface area contributed by atoms with Crippen LogP contribution in [0.4, 0.5) is 0 Å². The summed E-state index contributed by atoms with van der Waals surface area (Å²) in [6, 6.07) is 12.0. The van der Waals surface area contributed by atoms with Crippen molar-refractivity contribution in [1.82, 2.24) is 13.9 Å². The minimum absolute atomic E-state index is 0.00442. The lowest BCUT2D eigenvalue weighted by atomic mass is 10.1. The van der Waals surface area contributed by atoms with Crippen LogP contribution in [0.2, 0.25) is 0 Å². The normalized spacial score (nSPS) is 11.9. The van der Waals surface area contributed by atoms with E-state index in [2.05, 4.69) is 11.9 Å². The Morgan fingerprint density at radius 1 is 1.14 bits per heavy atom. The summed E-state index contributed by atoms with van der Waals surface area (Å²) in [5.41, 5.74) is 2.12. The quantitative estimate of drug-likeness (QED) is 0.526. The van der Waals surface area contributed by atoms with Crippen molar-refractivity contribution in [2.24, 2.45) is 0 Å². The molecule has 29 heavy (non-hydrogen) atoms. The third kappa shape index (κ3) is 4.33. The molecule has 7 nitrogen and oxygen atoms in total. The lowest BCUT2D eigenvalue weighted by Crippen LogP contribution is -2.22. The number of aryl methyl sites for hydroxylation is 1. The second-order valence-electron chi connectivity index (χ2n) is 6.99. The van der Waals surface area contributed by atoms with E-state index in [1.165, 1.54) is 25.3 Å². The lowest BCUT2D eigenvalue weighted by molar-refractivity contribution is 0.101. The fraction of sp³-hybridized carbons (Fsp3) is 0.333. The number of imidazole rings is 1. The van der Waals surface area contributed by atoms with Gasteiger partial charge in [-0.15, -0.1) is 0 Å². The summed E-state index contributed by atoms with van der Waals surface area (Å²) >= 11 is 0. The molecule has 3 aromatic rings. The fourth-order valence-electron chi connectivity index (χ4n) is 3.05. The number of carbonyl (C=O) groups is 1. The molecule has 0 atom stereocenters. The van der Waals surface area contributed by atoms with E-state index in [1.54, 1.807) is 42.5 Å². The first-order chi connectivity index (χ1) is 13.7. The number of ketones is 1. The van der Waals surface area contributed by atoms with E-state index in [0.717, 1.165) is 24.3 Å². The monoisotopic (exact) mass is 415 g/mol. The molecule has 3 rings (SSSR count). The molecule has 0 amide bonds. The highest BCUT2D eigenvalue weighted by molar-refractivity contribution is 7.89. The Balaban J connectivity index is 1.92. The number of carbonyl (C=O) groups excluding carboxylic acids is 1. The van der Waals surface area contributed by atoms with Gasteiger partial charge in [-0.05, 0) is 55.8 Å². The predicted molar refractivity (Wildman–Crippen MR) is 112 cm³/mol. The number of fused-ring (bicyclic) bond motifs is 1. The minimum atomic E-state index is -3.53. The number of nitrogens with zero attached hydrogens (tertiary/aromatic N) is 3.